The van der Waals surface area contributed by atoms with Crippen molar-refractivity contribution in [2.24, 2.45) is 5.73 Å². The molecule has 1 aromatic carbocycles. The van der Waals surface area contributed by atoms with Crippen molar-refractivity contribution in [3.8, 4) is 11.5 Å². The minimum absolute atomic E-state index is 0.0822. The minimum atomic E-state index is -0.939. The SMILES string of the molecule is CC(C)(C)c1cc(O)c(O)c(C(N)CCC(=O)O)c1. The summed E-state index contributed by atoms with van der Waals surface area (Å²) in [5, 5.41) is 28.2. The van der Waals surface area contributed by atoms with Gasteiger partial charge in [0.1, 0.15) is 0 Å². The summed E-state index contributed by atoms with van der Waals surface area (Å²) in [6.07, 6.45) is 0.122. The highest BCUT2D eigenvalue weighted by atomic mass is 16.4. The molecule has 1 atom stereocenters. The van der Waals surface area contributed by atoms with Gasteiger partial charge in [-0.1, -0.05) is 20.8 Å². The van der Waals surface area contributed by atoms with Crippen LogP contribution >= 0.6 is 0 Å². The summed E-state index contributed by atoms with van der Waals surface area (Å²) in [5.74, 6) is -1.44. The molecule has 0 spiro atoms. The number of carbonyl (C=O) groups is 1. The van der Waals surface area contributed by atoms with Gasteiger partial charge in [0.15, 0.2) is 11.5 Å². The second-order valence-corrected chi connectivity index (χ2v) is 5.72. The van der Waals surface area contributed by atoms with Crippen LogP contribution in [-0.2, 0) is 10.2 Å². The fraction of sp³-hybridized carbons (Fsp3) is 0.500. The van der Waals surface area contributed by atoms with Gasteiger partial charge < -0.3 is 21.1 Å². The standard InChI is InChI=1S/C14H21NO4/c1-14(2,3)8-6-9(13(19)11(16)7-8)10(15)4-5-12(17)18/h6-7,10,16,19H,4-5,15H2,1-3H3,(H,17,18). The maximum Gasteiger partial charge on any atom is 0.303 e. The number of hydrogen-bond donors (Lipinski definition) is 4. The van der Waals surface area contributed by atoms with Crippen LogP contribution in [0.25, 0.3) is 0 Å². The highest BCUT2D eigenvalue weighted by Crippen LogP contribution is 2.38. The molecule has 0 heterocycles. The lowest BCUT2D eigenvalue weighted by Crippen LogP contribution is -2.16. The normalized spacial score (nSPS) is 13.3. The predicted octanol–water partition coefficient (Wildman–Crippen LogP) is 2.26. The summed E-state index contributed by atoms with van der Waals surface area (Å²) in [4.78, 5) is 10.5. The van der Waals surface area contributed by atoms with Crippen molar-refractivity contribution in [1.29, 1.82) is 0 Å². The van der Waals surface area contributed by atoms with E-state index in [4.69, 9.17) is 10.8 Å². The van der Waals surface area contributed by atoms with Crippen LogP contribution in [0.15, 0.2) is 12.1 Å². The molecule has 1 unspecified atom stereocenters. The van der Waals surface area contributed by atoms with Crippen LogP contribution in [0.5, 0.6) is 11.5 Å². The van der Waals surface area contributed by atoms with Gasteiger partial charge in [-0.05, 0) is 29.5 Å². The third-order valence-electron chi connectivity index (χ3n) is 3.05. The molecule has 0 aliphatic rings. The third-order valence-corrected chi connectivity index (χ3v) is 3.05. The van der Waals surface area contributed by atoms with Gasteiger partial charge >= 0.3 is 5.97 Å². The Morgan fingerprint density at radius 2 is 1.89 bits per heavy atom. The molecule has 106 valence electrons. The van der Waals surface area contributed by atoms with E-state index in [2.05, 4.69) is 0 Å². The Morgan fingerprint density at radius 3 is 2.37 bits per heavy atom. The number of benzene rings is 1. The fourth-order valence-corrected chi connectivity index (χ4v) is 1.79. The summed E-state index contributed by atoms with van der Waals surface area (Å²) >= 11 is 0. The molecular formula is C14H21NO4. The van der Waals surface area contributed by atoms with E-state index in [9.17, 15) is 15.0 Å². The van der Waals surface area contributed by atoms with Crippen LogP contribution < -0.4 is 5.73 Å². The molecule has 5 N–H and O–H groups in total. The lowest BCUT2D eigenvalue weighted by atomic mass is 9.84. The van der Waals surface area contributed by atoms with Gasteiger partial charge in [-0.3, -0.25) is 4.79 Å². The summed E-state index contributed by atoms with van der Waals surface area (Å²) in [6, 6.07) is 2.61. The topological polar surface area (TPSA) is 104 Å². The molecular weight excluding hydrogens is 246 g/mol. The smallest absolute Gasteiger partial charge is 0.303 e. The number of aliphatic carboxylic acids is 1. The maximum absolute atomic E-state index is 10.5. The Balaban J connectivity index is 3.12. The van der Waals surface area contributed by atoms with Crippen molar-refractivity contribution in [3.05, 3.63) is 23.3 Å². The number of carboxylic acids is 1. The zero-order valence-corrected chi connectivity index (χ0v) is 11.5. The lowest BCUT2D eigenvalue weighted by Gasteiger charge is -2.23. The van der Waals surface area contributed by atoms with E-state index < -0.39 is 12.0 Å². The number of phenols is 2. The number of nitrogens with two attached hydrogens (primary N) is 1. The Kier molecular flexibility index (Phi) is 4.42. The first kappa shape index (κ1) is 15.3. The Bertz CT molecular complexity index is 477. The van der Waals surface area contributed by atoms with Crippen molar-refractivity contribution < 1.29 is 20.1 Å². The van der Waals surface area contributed by atoms with Crippen molar-refractivity contribution in [1.82, 2.24) is 0 Å². The number of phenolic OH excluding ortho intramolecular Hbond substituents is 2. The summed E-state index contributed by atoms with van der Waals surface area (Å²) in [5.41, 5.74) is 6.91. The molecule has 0 amide bonds. The lowest BCUT2D eigenvalue weighted by molar-refractivity contribution is -0.137. The highest BCUT2D eigenvalue weighted by Gasteiger charge is 2.21. The summed E-state index contributed by atoms with van der Waals surface area (Å²) in [7, 11) is 0. The Labute approximate surface area is 112 Å². The number of rotatable bonds is 4. The number of aromatic hydroxyl groups is 2. The molecule has 0 saturated heterocycles. The van der Waals surface area contributed by atoms with Crippen molar-refractivity contribution in [2.75, 3.05) is 0 Å². The van der Waals surface area contributed by atoms with Gasteiger partial charge in [-0.2, -0.15) is 0 Å². The first-order chi connectivity index (χ1) is 8.62. The molecule has 0 radical (unpaired) electrons. The minimum Gasteiger partial charge on any atom is -0.504 e. The molecule has 5 nitrogen and oxygen atoms in total. The molecule has 1 aromatic rings. The van der Waals surface area contributed by atoms with E-state index in [1.54, 1.807) is 6.07 Å². The van der Waals surface area contributed by atoms with Crippen LogP contribution in [0.3, 0.4) is 0 Å². The van der Waals surface area contributed by atoms with Crippen LogP contribution in [0, 0.1) is 0 Å². The van der Waals surface area contributed by atoms with Crippen molar-refractivity contribution in [2.45, 2.75) is 45.1 Å². The second kappa shape index (κ2) is 5.48. The third kappa shape index (κ3) is 3.86. The van der Waals surface area contributed by atoms with E-state index in [-0.39, 0.29) is 29.8 Å². The van der Waals surface area contributed by atoms with E-state index in [0.717, 1.165) is 5.56 Å². The van der Waals surface area contributed by atoms with Crippen LogP contribution in [0.2, 0.25) is 0 Å². The quantitative estimate of drug-likeness (QED) is 0.626. The zero-order chi connectivity index (χ0) is 14.8. The largest absolute Gasteiger partial charge is 0.504 e. The number of hydrogen-bond acceptors (Lipinski definition) is 4. The average Bonchev–Trinajstić information content (AvgIpc) is 2.27. The Morgan fingerprint density at radius 1 is 1.32 bits per heavy atom. The first-order valence-corrected chi connectivity index (χ1v) is 6.16. The maximum atomic E-state index is 10.5. The van der Waals surface area contributed by atoms with Crippen LogP contribution in [-0.4, -0.2) is 21.3 Å². The molecule has 0 bridgehead atoms. The summed E-state index contributed by atoms with van der Waals surface area (Å²) < 4.78 is 0. The Hall–Kier alpha value is -1.75. The molecule has 19 heavy (non-hydrogen) atoms. The van der Waals surface area contributed by atoms with Gasteiger partial charge in [-0.15, -0.1) is 0 Å². The molecule has 0 aromatic heterocycles. The van der Waals surface area contributed by atoms with E-state index >= 15 is 0 Å². The van der Waals surface area contributed by atoms with Gasteiger partial charge in [0.2, 0.25) is 0 Å². The van der Waals surface area contributed by atoms with Gasteiger partial charge in [0.25, 0.3) is 0 Å². The van der Waals surface area contributed by atoms with Crippen molar-refractivity contribution in [3.63, 3.8) is 0 Å². The van der Waals surface area contributed by atoms with Gasteiger partial charge in [0, 0.05) is 18.0 Å². The average molecular weight is 267 g/mol. The van der Waals surface area contributed by atoms with E-state index in [0.29, 0.717) is 5.56 Å². The zero-order valence-electron chi connectivity index (χ0n) is 11.5. The molecule has 0 aliphatic heterocycles. The predicted molar refractivity (Wildman–Crippen MR) is 72.3 cm³/mol. The number of carboxylic acid groups (broad SMARTS) is 1. The van der Waals surface area contributed by atoms with Gasteiger partial charge in [0.05, 0.1) is 0 Å². The van der Waals surface area contributed by atoms with E-state index in [1.165, 1.54) is 6.07 Å². The molecule has 0 aliphatic carbocycles. The van der Waals surface area contributed by atoms with Crippen LogP contribution in [0.4, 0.5) is 0 Å². The first-order valence-electron chi connectivity index (χ1n) is 6.16. The highest BCUT2D eigenvalue weighted by molar-refractivity contribution is 5.66. The molecule has 1 rings (SSSR count). The second-order valence-electron chi connectivity index (χ2n) is 5.72. The monoisotopic (exact) mass is 267 g/mol. The molecule has 0 fully saturated rings. The van der Waals surface area contributed by atoms with Crippen molar-refractivity contribution >= 4 is 5.97 Å². The van der Waals surface area contributed by atoms with Crippen LogP contribution in [0.1, 0.15) is 50.8 Å². The molecule has 0 saturated carbocycles. The fourth-order valence-electron chi connectivity index (χ4n) is 1.79. The molecule has 5 heteroatoms. The summed E-state index contributed by atoms with van der Waals surface area (Å²) in [6.45, 7) is 5.93. The van der Waals surface area contributed by atoms with E-state index in [1.807, 2.05) is 20.8 Å². The van der Waals surface area contributed by atoms with Gasteiger partial charge in [-0.25, -0.2) is 0 Å².